The molecule has 8 aromatic heterocycles. The first-order valence-electron chi connectivity index (χ1n) is 21.3. The molecule has 0 fully saturated rings. The van der Waals surface area contributed by atoms with Gasteiger partial charge in [0.1, 0.15) is 68.3 Å². The predicted octanol–water partition coefficient (Wildman–Crippen LogP) is 15.5. The molecule has 0 aliphatic rings. The summed E-state index contributed by atoms with van der Waals surface area (Å²) >= 11 is 23.1. The number of benzene rings is 1. The second-order valence-corrected chi connectivity index (χ2v) is 30.6. The number of H-pyrrole nitrogens is 2. The lowest BCUT2D eigenvalue weighted by molar-refractivity contribution is 0.0895. The Kier molecular flexibility index (Phi) is 17.9. The molecule has 0 spiro atoms. The monoisotopic (exact) mass is 1050 g/mol. The Balaban J connectivity index is 0.000000163. The Morgan fingerprint density at radius 2 is 1.16 bits per heavy atom. The minimum atomic E-state index is -2.73. The van der Waals surface area contributed by atoms with Crippen molar-refractivity contribution in [2.75, 3.05) is 13.2 Å². The van der Waals surface area contributed by atoms with Crippen LogP contribution < -0.4 is 0 Å². The zero-order chi connectivity index (χ0) is 49.3. The van der Waals surface area contributed by atoms with E-state index in [1.54, 1.807) is 41.0 Å². The zero-order valence-electron chi connectivity index (χ0n) is 38.0. The highest BCUT2D eigenvalue weighted by atomic mass is 35.5. The first-order chi connectivity index (χ1) is 32.2. The third-order valence-electron chi connectivity index (χ3n) is 10.2. The zero-order valence-corrected chi connectivity index (χ0v) is 43.0. The third-order valence-corrected chi connectivity index (χ3v) is 14.4. The SMILES string of the molecule is C[Si](C)(C)CCOCn1c(-c2ccccc2C(F)F)c(F)c2ccc(Cl)nc21.C[Si](C)(C)CCOCn1cc(F)c2ccc(Cl)nc21.Clc1ccc2cc[nH]c2n1.Fc1c[nH]c2nc(Cl)ccc12. The number of fused-ring (bicyclic) bond motifs is 4. The minimum Gasteiger partial charge on any atom is -0.361 e. The van der Waals surface area contributed by atoms with Gasteiger partial charge in [-0.3, -0.25) is 4.57 Å². The first kappa shape index (κ1) is 52.5. The fraction of sp³-hybridized carbons (Fsp3) is 0.277. The van der Waals surface area contributed by atoms with E-state index >= 15 is 4.39 Å². The van der Waals surface area contributed by atoms with Crippen molar-refractivity contribution >= 4 is 107 Å². The van der Waals surface area contributed by atoms with Crippen LogP contribution in [0.5, 0.6) is 0 Å². The van der Waals surface area contributed by atoms with Crippen LogP contribution in [0.15, 0.2) is 97.5 Å². The maximum atomic E-state index is 15.3. The van der Waals surface area contributed by atoms with E-state index < -0.39 is 28.4 Å². The fourth-order valence-electron chi connectivity index (χ4n) is 6.57. The molecule has 10 nitrogen and oxygen atoms in total. The largest absolute Gasteiger partial charge is 0.361 e. The van der Waals surface area contributed by atoms with E-state index in [4.69, 9.17) is 55.9 Å². The van der Waals surface area contributed by atoms with E-state index in [2.05, 4.69) is 69.2 Å². The summed E-state index contributed by atoms with van der Waals surface area (Å²) in [6.45, 7) is 15.1. The molecule has 0 aliphatic heterocycles. The molecule has 9 rings (SSSR count). The third kappa shape index (κ3) is 14.1. The number of pyridine rings is 4. The second-order valence-electron chi connectivity index (χ2n) is 17.8. The quantitative estimate of drug-likeness (QED) is 0.0546. The molecule has 0 radical (unpaired) electrons. The maximum absolute atomic E-state index is 15.3. The lowest BCUT2D eigenvalue weighted by atomic mass is 10.0. The Morgan fingerprint density at radius 3 is 1.81 bits per heavy atom. The molecular formula is C47H49Cl4F5N8O2Si2. The molecule has 360 valence electrons. The van der Waals surface area contributed by atoms with Crippen molar-refractivity contribution in [2.24, 2.45) is 0 Å². The highest BCUT2D eigenvalue weighted by molar-refractivity contribution is 6.76. The normalized spacial score (nSPS) is 11.8. The number of aromatic nitrogens is 8. The molecule has 21 heteroatoms. The molecule has 0 saturated heterocycles. The van der Waals surface area contributed by atoms with Crippen LogP contribution in [0.25, 0.3) is 55.4 Å². The number of hydrogen-bond acceptors (Lipinski definition) is 6. The highest BCUT2D eigenvalue weighted by Gasteiger charge is 2.25. The molecular weight excluding hydrogens is 1000 g/mol. The van der Waals surface area contributed by atoms with Gasteiger partial charge in [0.2, 0.25) is 0 Å². The number of nitrogens with one attached hydrogen (secondary N) is 2. The van der Waals surface area contributed by atoms with E-state index in [-0.39, 0.29) is 51.4 Å². The van der Waals surface area contributed by atoms with Gasteiger partial charge in [0.25, 0.3) is 6.43 Å². The molecule has 2 N–H and O–H groups in total. The summed E-state index contributed by atoms with van der Waals surface area (Å²) in [6.07, 6.45) is 1.77. The molecule has 0 atom stereocenters. The van der Waals surface area contributed by atoms with Gasteiger partial charge in [0, 0.05) is 64.5 Å². The van der Waals surface area contributed by atoms with Crippen molar-refractivity contribution in [3.63, 3.8) is 0 Å². The summed E-state index contributed by atoms with van der Waals surface area (Å²) in [6, 6.07) is 22.9. The minimum absolute atomic E-state index is 0.00511. The summed E-state index contributed by atoms with van der Waals surface area (Å²) in [5.74, 6) is -1.21. The summed E-state index contributed by atoms with van der Waals surface area (Å²) in [5, 5.41) is 3.68. The average Bonchev–Trinajstić information content (AvgIpc) is 4.04. The van der Waals surface area contributed by atoms with E-state index in [9.17, 15) is 17.6 Å². The van der Waals surface area contributed by atoms with Gasteiger partial charge in [0.15, 0.2) is 5.82 Å². The fourth-order valence-corrected chi connectivity index (χ4v) is 8.67. The summed E-state index contributed by atoms with van der Waals surface area (Å²) < 4.78 is 83.3. The van der Waals surface area contributed by atoms with Crippen molar-refractivity contribution in [2.45, 2.75) is 71.3 Å². The van der Waals surface area contributed by atoms with Gasteiger partial charge in [-0.2, -0.15) is 0 Å². The van der Waals surface area contributed by atoms with Crippen molar-refractivity contribution < 1.29 is 31.4 Å². The van der Waals surface area contributed by atoms with Crippen molar-refractivity contribution in [3.05, 3.63) is 141 Å². The van der Waals surface area contributed by atoms with Crippen LogP contribution in [0.2, 0.25) is 72.0 Å². The predicted molar refractivity (Wildman–Crippen MR) is 270 cm³/mol. The smallest absolute Gasteiger partial charge is 0.264 e. The molecule has 0 amide bonds. The Bertz CT molecular complexity index is 3120. The molecule has 1 aromatic carbocycles. The van der Waals surface area contributed by atoms with E-state index in [0.29, 0.717) is 57.5 Å². The van der Waals surface area contributed by atoms with Crippen LogP contribution in [0.4, 0.5) is 22.0 Å². The van der Waals surface area contributed by atoms with Gasteiger partial charge < -0.3 is 24.0 Å². The van der Waals surface area contributed by atoms with Gasteiger partial charge in [-0.25, -0.2) is 41.9 Å². The number of aromatic amines is 2. The first-order valence-corrected chi connectivity index (χ1v) is 30.2. The Morgan fingerprint density at radius 1 is 0.603 bits per heavy atom. The van der Waals surface area contributed by atoms with Gasteiger partial charge in [-0.1, -0.05) is 110 Å². The molecule has 68 heavy (non-hydrogen) atoms. The van der Waals surface area contributed by atoms with Crippen LogP contribution >= 0.6 is 46.4 Å². The molecule has 0 bridgehead atoms. The molecule has 0 unspecified atom stereocenters. The second kappa shape index (κ2) is 23.2. The molecule has 8 heterocycles. The standard InChI is InChI=1S/C20H22ClF3N2OSi.C13H18ClFN2OSi.C7H4ClFN2.C7H5ClN2/c1-28(2,3)11-10-27-12-26-18(13-6-4-5-7-14(13)19(23)24)17(22)15-8-9-16(21)25-20(15)26;1-19(2,3)7-6-18-9-17-8-11(15)10-4-5-12(14)16-13(10)17;8-6-2-1-4-5(9)3-10-7(4)11-6;8-6-2-1-5-3-4-9-7(5)10-6/h4-9,19H,10-12H2,1-3H3;4-5,8H,6-7,9H2,1-3H3;1-3H,(H,10,11);1-4H,(H,9,10). The number of hydrogen-bond donors (Lipinski definition) is 2. The lowest BCUT2D eigenvalue weighted by Crippen LogP contribution is -2.22. The number of rotatable bonds is 12. The van der Waals surface area contributed by atoms with E-state index in [1.807, 2.05) is 18.3 Å². The van der Waals surface area contributed by atoms with Gasteiger partial charge in [-0.05, 0) is 66.7 Å². The summed E-state index contributed by atoms with van der Waals surface area (Å²) in [5.41, 5.74) is 2.04. The van der Waals surface area contributed by atoms with Gasteiger partial charge in [0.05, 0.1) is 21.9 Å². The maximum Gasteiger partial charge on any atom is 0.264 e. The Hall–Kier alpha value is -4.86. The van der Waals surface area contributed by atoms with Crippen LogP contribution in [0.1, 0.15) is 12.0 Å². The van der Waals surface area contributed by atoms with E-state index in [1.165, 1.54) is 47.3 Å². The topological polar surface area (TPSA) is 111 Å². The van der Waals surface area contributed by atoms with Crippen LogP contribution in [0, 0.1) is 17.5 Å². The summed E-state index contributed by atoms with van der Waals surface area (Å²) in [7, 11) is -2.40. The van der Waals surface area contributed by atoms with Crippen LogP contribution in [0.3, 0.4) is 0 Å². The lowest BCUT2D eigenvalue weighted by Gasteiger charge is -2.17. The average molecular weight is 1050 g/mol. The van der Waals surface area contributed by atoms with Crippen molar-refractivity contribution in [3.8, 4) is 11.3 Å². The molecule has 0 saturated carbocycles. The molecule has 9 aromatic rings. The van der Waals surface area contributed by atoms with Crippen molar-refractivity contribution in [1.29, 1.82) is 0 Å². The van der Waals surface area contributed by atoms with E-state index in [0.717, 1.165) is 23.1 Å². The number of halogens is 9. The van der Waals surface area contributed by atoms with Gasteiger partial charge in [-0.15, -0.1) is 0 Å². The Labute approximate surface area is 411 Å². The molecule has 0 aliphatic carbocycles. The van der Waals surface area contributed by atoms with Crippen LogP contribution in [-0.2, 0) is 22.9 Å². The van der Waals surface area contributed by atoms with Gasteiger partial charge >= 0.3 is 0 Å². The van der Waals surface area contributed by atoms with Crippen molar-refractivity contribution in [1.82, 2.24) is 39.0 Å². The number of nitrogens with zero attached hydrogens (tertiary/aromatic N) is 6. The highest BCUT2D eigenvalue weighted by Crippen LogP contribution is 2.37. The number of ether oxygens (including phenoxy) is 2. The van der Waals surface area contributed by atoms with Crippen LogP contribution in [-0.4, -0.2) is 68.4 Å². The summed E-state index contributed by atoms with van der Waals surface area (Å²) in [4.78, 5) is 21.9. The number of alkyl halides is 2.